The van der Waals surface area contributed by atoms with Gasteiger partial charge in [0.2, 0.25) is 0 Å². The third kappa shape index (κ3) is 3.17. The minimum atomic E-state index is -0.334. The van der Waals surface area contributed by atoms with E-state index >= 15 is 0 Å². The molecule has 0 aromatic heterocycles. The molecule has 0 aromatic carbocycles. The van der Waals surface area contributed by atoms with Crippen molar-refractivity contribution in [1.29, 1.82) is 0 Å². The van der Waals surface area contributed by atoms with E-state index in [1.54, 1.807) is 9.80 Å². The second-order valence-electron chi connectivity index (χ2n) is 5.38. The van der Waals surface area contributed by atoms with Crippen LogP contribution in [0.5, 0.6) is 0 Å². The van der Waals surface area contributed by atoms with Gasteiger partial charge in [-0.2, -0.15) is 11.8 Å². The van der Waals surface area contributed by atoms with E-state index in [0.29, 0.717) is 26.2 Å². The van der Waals surface area contributed by atoms with Gasteiger partial charge in [-0.3, -0.25) is 9.59 Å². The average Bonchev–Trinajstić information content (AvgIpc) is 2.37. The molecular formula is C12H21N3O2S. The van der Waals surface area contributed by atoms with Crippen LogP contribution in [0.4, 0.5) is 0 Å². The Labute approximate surface area is 112 Å². The summed E-state index contributed by atoms with van der Waals surface area (Å²) in [7, 11) is 0. The molecule has 0 atom stereocenters. The number of nitrogens with zero attached hydrogens (tertiary/aromatic N) is 2. The van der Waals surface area contributed by atoms with Crippen molar-refractivity contribution in [2.24, 2.45) is 0 Å². The highest BCUT2D eigenvalue weighted by atomic mass is 32.2. The molecule has 2 aliphatic rings. The summed E-state index contributed by atoms with van der Waals surface area (Å²) >= 11 is 1.86. The molecule has 0 saturated carbocycles. The first-order valence-corrected chi connectivity index (χ1v) is 7.41. The molecule has 2 heterocycles. The van der Waals surface area contributed by atoms with E-state index in [1.807, 2.05) is 11.8 Å². The second-order valence-corrected chi connectivity index (χ2v) is 7.18. The van der Waals surface area contributed by atoms with E-state index in [4.69, 9.17) is 0 Å². The Hall–Kier alpha value is -0.750. The van der Waals surface area contributed by atoms with Crippen LogP contribution in [0.1, 0.15) is 13.8 Å². The lowest BCUT2D eigenvalue weighted by Crippen LogP contribution is -2.55. The first-order chi connectivity index (χ1) is 8.49. The van der Waals surface area contributed by atoms with Gasteiger partial charge < -0.3 is 15.1 Å². The van der Waals surface area contributed by atoms with E-state index in [1.165, 1.54) is 0 Å². The van der Waals surface area contributed by atoms with E-state index in [-0.39, 0.29) is 16.6 Å². The molecule has 2 rings (SSSR count). The molecule has 0 bridgehead atoms. The summed E-state index contributed by atoms with van der Waals surface area (Å²) in [5.41, 5.74) is 0. The molecule has 2 fully saturated rings. The Kier molecular flexibility index (Phi) is 4.17. The summed E-state index contributed by atoms with van der Waals surface area (Å²) in [4.78, 5) is 27.7. The number of carbonyl (C=O) groups is 2. The maximum Gasteiger partial charge on any atom is 0.312 e. The molecule has 6 heteroatoms. The summed E-state index contributed by atoms with van der Waals surface area (Å²) in [5, 5.41) is 3.18. The van der Waals surface area contributed by atoms with Gasteiger partial charge >= 0.3 is 11.8 Å². The molecule has 0 radical (unpaired) electrons. The monoisotopic (exact) mass is 271 g/mol. The fourth-order valence-electron chi connectivity index (χ4n) is 2.33. The first-order valence-electron chi connectivity index (χ1n) is 6.42. The predicted molar refractivity (Wildman–Crippen MR) is 72.6 cm³/mol. The van der Waals surface area contributed by atoms with Crippen molar-refractivity contribution in [3.63, 3.8) is 0 Å². The van der Waals surface area contributed by atoms with Crippen molar-refractivity contribution in [2.45, 2.75) is 18.6 Å². The number of piperazine rings is 1. The van der Waals surface area contributed by atoms with Gasteiger partial charge in [0.05, 0.1) is 0 Å². The largest absolute Gasteiger partial charge is 0.332 e. The molecule has 2 saturated heterocycles. The highest BCUT2D eigenvalue weighted by Gasteiger charge is 2.34. The van der Waals surface area contributed by atoms with Gasteiger partial charge in [-0.15, -0.1) is 0 Å². The Morgan fingerprint density at radius 3 is 2.28 bits per heavy atom. The van der Waals surface area contributed by atoms with Gasteiger partial charge in [0, 0.05) is 49.8 Å². The number of hydrogen-bond donors (Lipinski definition) is 1. The predicted octanol–water partition coefficient (Wildman–Crippen LogP) is -0.228. The lowest BCUT2D eigenvalue weighted by atomic mass is 10.2. The van der Waals surface area contributed by atoms with Crippen molar-refractivity contribution >= 4 is 23.6 Å². The number of nitrogens with one attached hydrogen (secondary N) is 1. The summed E-state index contributed by atoms with van der Waals surface area (Å²) in [5.74, 6) is 0.248. The van der Waals surface area contributed by atoms with Crippen LogP contribution in [0.2, 0.25) is 0 Å². The minimum absolute atomic E-state index is 0.0532. The van der Waals surface area contributed by atoms with Crippen molar-refractivity contribution in [3.05, 3.63) is 0 Å². The summed E-state index contributed by atoms with van der Waals surface area (Å²) in [6.45, 7) is 8.41. The van der Waals surface area contributed by atoms with Crippen LogP contribution in [0, 0.1) is 0 Å². The van der Waals surface area contributed by atoms with Crippen LogP contribution in [0.15, 0.2) is 0 Å². The first kappa shape index (κ1) is 13.7. The van der Waals surface area contributed by atoms with Gasteiger partial charge in [0.1, 0.15) is 0 Å². The van der Waals surface area contributed by atoms with Crippen LogP contribution < -0.4 is 5.32 Å². The topological polar surface area (TPSA) is 52.7 Å². The molecule has 102 valence electrons. The Bertz CT molecular complexity index is 340. The van der Waals surface area contributed by atoms with Crippen LogP contribution in [0.25, 0.3) is 0 Å². The zero-order valence-corrected chi connectivity index (χ0v) is 11.9. The third-order valence-electron chi connectivity index (χ3n) is 3.30. The van der Waals surface area contributed by atoms with Crippen molar-refractivity contribution in [3.8, 4) is 0 Å². The van der Waals surface area contributed by atoms with E-state index in [9.17, 15) is 9.59 Å². The van der Waals surface area contributed by atoms with Crippen LogP contribution in [-0.4, -0.2) is 71.4 Å². The molecule has 0 unspecified atom stereocenters. The minimum Gasteiger partial charge on any atom is -0.332 e. The molecule has 0 aliphatic carbocycles. The van der Waals surface area contributed by atoms with Gasteiger partial charge in [0.25, 0.3) is 0 Å². The number of thioether (sulfide) groups is 1. The fourth-order valence-corrected chi connectivity index (χ4v) is 3.44. The number of rotatable bonds is 0. The molecule has 5 nitrogen and oxygen atoms in total. The standard InChI is InChI=1S/C12H21N3O2S/c1-12(2)9-15(7-8-18-12)11(17)10(16)14-5-3-13-4-6-14/h13H,3-9H2,1-2H3. The highest BCUT2D eigenvalue weighted by Crippen LogP contribution is 2.29. The van der Waals surface area contributed by atoms with Crippen LogP contribution >= 0.6 is 11.8 Å². The summed E-state index contributed by atoms with van der Waals surface area (Å²) in [6, 6.07) is 0. The fraction of sp³-hybridized carbons (Fsp3) is 0.833. The maximum atomic E-state index is 12.2. The highest BCUT2D eigenvalue weighted by molar-refractivity contribution is 8.00. The van der Waals surface area contributed by atoms with Crippen LogP contribution in [-0.2, 0) is 9.59 Å². The van der Waals surface area contributed by atoms with Gasteiger partial charge in [-0.1, -0.05) is 0 Å². The van der Waals surface area contributed by atoms with Gasteiger partial charge in [-0.05, 0) is 13.8 Å². The molecule has 0 spiro atoms. The van der Waals surface area contributed by atoms with Gasteiger partial charge in [0.15, 0.2) is 0 Å². The molecular weight excluding hydrogens is 250 g/mol. The lowest BCUT2D eigenvalue weighted by Gasteiger charge is -2.38. The van der Waals surface area contributed by atoms with Gasteiger partial charge in [-0.25, -0.2) is 0 Å². The zero-order chi connectivity index (χ0) is 13.2. The summed E-state index contributed by atoms with van der Waals surface area (Å²) < 4.78 is 0.0532. The second kappa shape index (κ2) is 5.48. The Morgan fingerprint density at radius 1 is 1.06 bits per heavy atom. The Balaban J connectivity index is 1.95. The smallest absolute Gasteiger partial charge is 0.312 e. The van der Waals surface area contributed by atoms with Crippen LogP contribution in [0.3, 0.4) is 0 Å². The maximum absolute atomic E-state index is 12.2. The zero-order valence-electron chi connectivity index (χ0n) is 11.1. The van der Waals surface area contributed by atoms with E-state index in [2.05, 4.69) is 19.2 Å². The van der Waals surface area contributed by atoms with E-state index < -0.39 is 0 Å². The third-order valence-corrected chi connectivity index (χ3v) is 4.60. The number of hydrogen-bond acceptors (Lipinski definition) is 4. The lowest BCUT2D eigenvalue weighted by molar-refractivity contribution is -0.152. The number of amides is 2. The van der Waals surface area contributed by atoms with Crippen molar-refractivity contribution in [1.82, 2.24) is 15.1 Å². The normalized spacial score (nSPS) is 23.9. The molecule has 2 amide bonds. The summed E-state index contributed by atoms with van der Waals surface area (Å²) in [6.07, 6.45) is 0. The Morgan fingerprint density at radius 2 is 1.67 bits per heavy atom. The molecule has 18 heavy (non-hydrogen) atoms. The van der Waals surface area contributed by atoms with E-state index in [0.717, 1.165) is 18.8 Å². The van der Waals surface area contributed by atoms with Crippen molar-refractivity contribution < 1.29 is 9.59 Å². The SMILES string of the molecule is CC1(C)CN(C(=O)C(=O)N2CCNCC2)CCS1. The molecule has 0 aromatic rings. The van der Waals surface area contributed by atoms with Crippen molar-refractivity contribution in [2.75, 3.05) is 45.0 Å². The molecule has 1 N–H and O–H groups in total. The molecule has 2 aliphatic heterocycles. The average molecular weight is 271 g/mol. The number of carbonyl (C=O) groups excluding carboxylic acids is 2. The quantitative estimate of drug-likeness (QED) is 0.619.